The molecule has 0 aliphatic carbocycles. The van der Waals surface area contributed by atoms with Gasteiger partial charge in [0.25, 0.3) is 0 Å². The Labute approximate surface area is 114 Å². The lowest BCUT2D eigenvalue weighted by Gasteiger charge is -2.10. The van der Waals surface area contributed by atoms with E-state index in [-0.39, 0.29) is 17.3 Å². The summed E-state index contributed by atoms with van der Waals surface area (Å²) in [6.45, 7) is 0.112. The molecule has 0 fully saturated rings. The lowest BCUT2D eigenvalue weighted by Crippen LogP contribution is -2.04. The zero-order valence-corrected chi connectivity index (χ0v) is 10.5. The van der Waals surface area contributed by atoms with Gasteiger partial charge in [-0.15, -0.1) is 0 Å². The first-order valence-corrected chi connectivity index (χ1v) is 5.86. The van der Waals surface area contributed by atoms with Gasteiger partial charge in [0.1, 0.15) is 11.6 Å². The van der Waals surface area contributed by atoms with Crippen molar-refractivity contribution in [1.29, 1.82) is 5.26 Å². The molecule has 2 nitrogen and oxygen atoms in total. The van der Waals surface area contributed by atoms with Crippen LogP contribution >= 0.6 is 11.6 Å². The van der Waals surface area contributed by atoms with Gasteiger partial charge >= 0.3 is 0 Å². The number of hydrogen-bond acceptors (Lipinski definition) is 2. The Morgan fingerprint density at radius 2 is 2.00 bits per heavy atom. The molecule has 0 saturated heterocycles. The minimum Gasteiger partial charge on any atom is -0.377 e. The first-order valence-electron chi connectivity index (χ1n) is 5.48. The molecule has 5 heteroatoms. The number of anilines is 1. The molecule has 96 valence electrons. The minimum atomic E-state index is -0.498. The van der Waals surface area contributed by atoms with E-state index < -0.39 is 11.6 Å². The van der Waals surface area contributed by atoms with Crippen LogP contribution in [0.5, 0.6) is 0 Å². The molecule has 1 N–H and O–H groups in total. The quantitative estimate of drug-likeness (QED) is 0.917. The van der Waals surface area contributed by atoms with E-state index in [4.69, 9.17) is 16.9 Å². The standard InChI is InChI=1S/C14H9ClF2N2/c15-12-2-1-3-13(17)14(12)19-8-10-6-11(16)5-4-9(10)7-18/h1-6,19H,8H2. The zero-order chi connectivity index (χ0) is 13.8. The highest BCUT2D eigenvalue weighted by Gasteiger charge is 2.08. The molecule has 0 radical (unpaired) electrons. The Balaban J connectivity index is 2.24. The van der Waals surface area contributed by atoms with Crippen LogP contribution in [-0.4, -0.2) is 0 Å². The third-order valence-corrected chi connectivity index (χ3v) is 2.92. The molecule has 0 unspecified atom stereocenters. The van der Waals surface area contributed by atoms with Gasteiger partial charge in [0.2, 0.25) is 0 Å². The van der Waals surface area contributed by atoms with E-state index in [1.165, 1.54) is 30.3 Å². The average molecular weight is 279 g/mol. The second-order valence-corrected chi connectivity index (χ2v) is 4.27. The van der Waals surface area contributed by atoms with Crippen LogP contribution in [0.4, 0.5) is 14.5 Å². The molecule has 2 aromatic rings. The van der Waals surface area contributed by atoms with Crippen molar-refractivity contribution in [2.24, 2.45) is 0 Å². The molecule has 0 saturated carbocycles. The summed E-state index contributed by atoms with van der Waals surface area (Å²) >= 11 is 5.86. The number of nitriles is 1. The second kappa shape index (κ2) is 5.68. The van der Waals surface area contributed by atoms with Gasteiger partial charge in [-0.1, -0.05) is 17.7 Å². The number of halogens is 3. The molecule has 0 spiro atoms. The van der Waals surface area contributed by atoms with Crippen LogP contribution in [0.3, 0.4) is 0 Å². The van der Waals surface area contributed by atoms with E-state index in [0.29, 0.717) is 11.1 Å². The molecule has 0 aliphatic rings. The van der Waals surface area contributed by atoms with Gasteiger partial charge in [-0.2, -0.15) is 5.26 Å². The maximum Gasteiger partial charge on any atom is 0.147 e. The van der Waals surface area contributed by atoms with E-state index in [0.717, 1.165) is 0 Å². The number of nitrogens with one attached hydrogen (secondary N) is 1. The van der Waals surface area contributed by atoms with Crippen molar-refractivity contribution in [2.45, 2.75) is 6.54 Å². The van der Waals surface area contributed by atoms with Crippen LogP contribution in [0, 0.1) is 23.0 Å². The van der Waals surface area contributed by atoms with Gasteiger partial charge in [-0.25, -0.2) is 8.78 Å². The highest BCUT2D eigenvalue weighted by molar-refractivity contribution is 6.33. The molecule has 2 aromatic carbocycles. The van der Waals surface area contributed by atoms with Crippen LogP contribution in [0.2, 0.25) is 5.02 Å². The maximum atomic E-state index is 13.5. The Hall–Kier alpha value is -2.12. The summed E-state index contributed by atoms with van der Waals surface area (Å²) in [4.78, 5) is 0. The van der Waals surface area contributed by atoms with Crippen LogP contribution in [0.1, 0.15) is 11.1 Å². The summed E-state index contributed by atoms with van der Waals surface area (Å²) in [7, 11) is 0. The SMILES string of the molecule is N#Cc1ccc(F)cc1CNc1c(F)cccc1Cl. The topological polar surface area (TPSA) is 35.8 Å². The molecule has 0 amide bonds. The summed E-state index contributed by atoms with van der Waals surface area (Å²) in [5.74, 6) is -0.946. The molecule has 0 aromatic heterocycles. The van der Waals surface area contributed by atoms with Crippen LogP contribution in [0.25, 0.3) is 0 Å². The predicted octanol–water partition coefficient (Wildman–Crippen LogP) is 4.10. The first kappa shape index (κ1) is 13.3. The Kier molecular flexibility index (Phi) is 3.98. The first-order chi connectivity index (χ1) is 9.11. The van der Waals surface area contributed by atoms with Crippen molar-refractivity contribution in [3.05, 3.63) is 64.2 Å². The van der Waals surface area contributed by atoms with E-state index >= 15 is 0 Å². The summed E-state index contributed by atoms with van der Waals surface area (Å²) in [5, 5.41) is 11.9. The number of hydrogen-bond donors (Lipinski definition) is 1. The van der Waals surface area contributed by atoms with E-state index in [2.05, 4.69) is 5.32 Å². The third-order valence-electron chi connectivity index (χ3n) is 2.61. The highest BCUT2D eigenvalue weighted by atomic mass is 35.5. The monoisotopic (exact) mass is 278 g/mol. The average Bonchev–Trinajstić information content (AvgIpc) is 2.38. The van der Waals surface area contributed by atoms with Crippen molar-refractivity contribution in [1.82, 2.24) is 0 Å². The molecular weight excluding hydrogens is 270 g/mol. The number of para-hydroxylation sites is 1. The van der Waals surface area contributed by atoms with Crippen LogP contribution in [-0.2, 0) is 6.54 Å². The molecule has 0 atom stereocenters. The summed E-state index contributed by atoms with van der Waals surface area (Å²) in [6.07, 6.45) is 0. The molecule has 0 bridgehead atoms. The Morgan fingerprint density at radius 3 is 2.68 bits per heavy atom. The van der Waals surface area contributed by atoms with Crippen molar-refractivity contribution < 1.29 is 8.78 Å². The molecule has 2 rings (SSSR count). The van der Waals surface area contributed by atoms with Gasteiger partial charge in [-0.05, 0) is 35.9 Å². The van der Waals surface area contributed by atoms with Gasteiger partial charge in [0.05, 0.1) is 22.3 Å². The Morgan fingerprint density at radius 1 is 1.21 bits per heavy atom. The summed E-state index contributed by atoms with van der Waals surface area (Å²) in [6, 6.07) is 10.1. The fourth-order valence-electron chi connectivity index (χ4n) is 1.67. The van der Waals surface area contributed by atoms with E-state index in [1.54, 1.807) is 6.07 Å². The van der Waals surface area contributed by atoms with E-state index in [9.17, 15) is 8.78 Å². The van der Waals surface area contributed by atoms with Crippen molar-refractivity contribution in [2.75, 3.05) is 5.32 Å². The van der Waals surface area contributed by atoms with E-state index in [1.807, 2.05) is 6.07 Å². The van der Waals surface area contributed by atoms with Crippen molar-refractivity contribution >= 4 is 17.3 Å². The highest BCUT2D eigenvalue weighted by Crippen LogP contribution is 2.25. The van der Waals surface area contributed by atoms with Gasteiger partial charge in [0, 0.05) is 6.54 Å². The lowest BCUT2D eigenvalue weighted by atomic mass is 10.1. The largest absolute Gasteiger partial charge is 0.377 e. The smallest absolute Gasteiger partial charge is 0.147 e. The number of nitrogens with zero attached hydrogens (tertiary/aromatic N) is 1. The Bertz CT molecular complexity index is 630. The second-order valence-electron chi connectivity index (χ2n) is 3.86. The fraction of sp³-hybridized carbons (Fsp3) is 0.0714. The number of benzene rings is 2. The van der Waals surface area contributed by atoms with Gasteiger partial charge < -0.3 is 5.32 Å². The molecule has 19 heavy (non-hydrogen) atoms. The zero-order valence-electron chi connectivity index (χ0n) is 9.75. The third kappa shape index (κ3) is 3.01. The van der Waals surface area contributed by atoms with Crippen LogP contribution < -0.4 is 5.32 Å². The lowest BCUT2D eigenvalue weighted by molar-refractivity contribution is 0.624. The normalized spacial score (nSPS) is 10.0. The maximum absolute atomic E-state index is 13.5. The summed E-state index contributed by atoms with van der Waals surface area (Å²) in [5.41, 5.74) is 0.917. The summed E-state index contributed by atoms with van der Waals surface area (Å²) < 4.78 is 26.7. The fourth-order valence-corrected chi connectivity index (χ4v) is 1.90. The van der Waals surface area contributed by atoms with Crippen molar-refractivity contribution in [3.8, 4) is 6.07 Å². The van der Waals surface area contributed by atoms with Crippen molar-refractivity contribution in [3.63, 3.8) is 0 Å². The molecule has 0 aliphatic heterocycles. The van der Waals surface area contributed by atoms with Gasteiger partial charge in [-0.3, -0.25) is 0 Å². The molecular formula is C14H9ClF2N2. The molecule has 0 heterocycles. The van der Waals surface area contributed by atoms with Crippen LogP contribution in [0.15, 0.2) is 36.4 Å². The van der Waals surface area contributed by atoms with Gasteiger partial charge in [0.15, 0.2) is 0 Å². The number of rotatable bonds is 3. The minimum absolute atomic E-state index is 0.112. The predicted molar refractivity (Wildman–Crippen MR) is 69.9 cm³/mol.